The molecular formula is C14H20O3. The largest absolute Gasteiger partial charge is 0.359 e. The molecule has 0 saturated heterocycles. The zero-order chi connectivity index (χ0) is 13.2. The third kappa shape index (κ3) is 2.22. The molecule has 0 amide bonds. The molecule has 3 nitrogen and oxygen atoms in total. The number of carbonyl (C=O) groups excluding carboxylic acids is 1. The van der Waals surface area contributed by atoms with Crippen LogP contribution in [0.4, 0.5) is 0 Å². The standard InChI is InChI=1S/C14H20O3/c1-3-7-14-9-12(15)8-11(14)5-4-6-13(14)17-10-16-2/h3,8,13H,1,4-7,9-10H2,2H3/t13-,14-/m1/s1/i9D/t9?,13-,14-. The smallest absolute Gasteiger partial charge is 0.156 e. The maximum Gasteiger partial charge on any atom is 0.156 e. The Labute approximate surface area is 104 Å². The van der Waals surface area contributed by atoms with Gasteiger partial charge in [0.15, 0.2) is 5.78 Å². The zero-order valence-corrected chi connectivity index (χ0v) is 10.3. The summed E-state index contributed by atoms with van der Waals surface area (Å²) in [4.78, 5) is 11.9. The number of ether oxygens (including phenoxy) is 2. The minimum atomic E-state index is -0.757. The molecule has 2 aliphatic rings. The molecule has 94 valence electrons. The van der Waals surface area contributed by atoms with E-state index in [-0.39, 0.29) is 18.7 Å². The molecule has 0 radical (unpaired) electrons. The van der Waals surface area contributed by atoms with E-state index in [4.69, 9.17) is 10.8 Å². The predicted molar refractivity (Wildman–Crippen MR) is 65.6 cm³/mol. The van der Waals surface area contributed by atoms with Gasteiger partial charge in [-0.2, -0.15) is 0 Å². The lowest BCUT2D eigenvalue weighted by molar-refractivity contribution is -0.129. The number of carbonyl (C=O) groups is 1. The fourth-order valence-corrected chi connectivity index (χ4v) is 2.98. The fourth-order valence-electron chi connectivity index (χ4n) is 2.98. The van der Waals surface area contributed by atoms with Crippen LogP contribution in [0, 0.1) is 5.41 Å². The first-order valence-electron chi connectivity index (χ1n) is 6.63. The van der Waals surface area contributed by atoms with Crippen molar-refractivity contribution in [2.24, 2.45) is 5.41 Å². The van der Waals surface area contributed by atoms with Gasteiger partial charge in [-0.15, -0.1) is 6.58 Å². The predicted octanol–water partition coefficient (Wildman–Crippen LogP) is 2.62. The second-order valence-electron chi connectivity index (χ2n) is 4.70. The van der Waals surface area contributed by atoms with Gasteiger partial charge in [-0.25, -0.2) is 0 Å². The maximum absolute atomic E-state index is 11.9. The Morgan fingerprint density at radius 1 is 1.76 bits per heavy atom. The van der Waals surface area contributed by atoms with Crippen LogP contribution in [0.5, 0.6) is 0 Å². The van der Waals surface area contributed by atoms with Gasteiger partial charge >= 0.3 is 0 Å². The Balaban J connectivity index is 2.32. The second-order valence-corrected chi connectivity index (χ2v) is 4.70. The number of rotatable bonds is 5. The molecule has 0 bridgehead atoms. The van der Waals surface area contributed by atoms with Crippen molar-refractivity contribution in [2.45, 2.75) is 38.2 Å². The van der Waals surface area contributed by atoms with Gasteiger partial charge in [-0.3, -0.25) is 4.79 Å². The number of hydrogen-bond acceptors (Lipinski definition) is 3. The minimum Gasteiger partial charge on any atom is -0.359 e. The summed E-state index contributed by atoms with van der Waals surface area (Å²) in [6, 6.07) is 0. The van der Waals surface area contributed by atoms with Crippen molar-refractivity contribution in [1.29, 1.82) is 0 Å². The van der Waals surface area contributed by atoms with Gasteiger partial charge in [0.05, 0.1) is 6.10 Å². The average molecular weight is 237 g/mol. The number of hydrogen-bond donors (Lipinski definition) is 0. The van der Waals surface area contributed by atoms with E-state index in [0.717, 1.165) is 24.8 Å². The minimum absolute atomic E-state index is 0.0974. The monoisotopic (exact) mass is 237 g/mol. The van der Waals surface area contributed by atoms with Crippen molar-refractivity contribution in [3.8, 4) is 0 Å². The van der Waals surface area contributed by atoms with Crippen LogP contribution < -0.4 is 0 Å². The van der Waals surface area contributed by atoms with Crippen LogP contribution in [-0.2, 0) is 14.3 Å². The van der Waals surface area contributed by atoms with E-state index in [1.807, 2.05) is 0 Å². The summed E-state index contributed by atoms with van der Waals surface area (Å²) in [5.74, 6) is -0.0974. The highest BCUT2D eigenvalue weighted by Gasteiger charge is 2.48. The number of fused-ring (bicyclic) bond motifs is 1. The third-order valence-electron chi connectivity index (χ3n) is 3.67. The topological polar surface area (TPSA) is 35.5 Å². The van der Waals surface area contributed by atoms with Gasteiger partial charge in [-0.05, 0) is 31.8 Å². The lowest BCUT2D eigenvalue weighted by atomic mass is 9.67. The van der Waals surface area contributed by atoms with Gasteiger partial charge in [0.2, 0.25) is 0 Å². The third-order valence-corrected chi connectivity index (χ3v) is 3.67. The lowest BCUT2D eigenvalue weighted by Crippen LogP contribution is -2.40. The summed E-state index contributed by atoms with van der Waals surface area (Å²) in [6.07, 6.45) is 5.95. The summed E-state index contributed by atoms with van der Waals surface area (Å²) in [6.45, 7) is 3.98. The van der Waals surface area contributed by atoms with E-state index in [2.05, 4.69) is 6.58 Å². The molecule has 2 aliphatic carbocycles. The molecular weight excluding hydrogens is 216 g/mol. The van der Waals surface area contributed by atoms with E-state index in [1.54, 1.807) is 19.3 Å². The SMILES string of the molecule is [2H]C1C(=O)C=C2CCC[C@@H](OCOC)[C@@]21CC=C. The fraction of sp³-hybridized carbons (Fsp3) is 0.643. The zero-order valence-electron chi connectivity index (χ0n) is 11.3. The van der Waals surface area contributed by atoms with Gasteiger partial charge in [0, 0.05) is 20.3 Å². The summed E-state index contributed by atoms with van der Waals surface area (Å²) in [7, 11) is 1.58. The van der Waals surface area contributed by atoms with Gasteiger partial charge in [0.25, 0.3) is 0 Å². The van der Waals surface area contributed by atoms with Crippen molar-refractivity contribution < 1.29 is 15.6 Å². The van der Waals surface area contributed by atoms with Crippen molar-refractivity contribution in [3.63, 3.8) is 0 Å². The van der Waals surface area contributed by atoms with Crippen molar-refractivity contribution in [3.05, 3.63) is 24.3 Å². The first-order valence-corrected chi connectivity index (χ1v) is 6.05. The van der Waals surface area contributed by atoms with E-state index in [9.17, 15) is 4.79 Å². The van der Waals surface area contributed by atoms with Gasteiger partial charge < -0.3 is 9.47 Å². The van der Waals surface area contributed by atoms with Crippen molar-refractivity contribution in [2.75, 3.05) is 13.9 Å². The number of ketones is 1. The lowest BCUT2D eigenvalue weighted by Gasteiger charge is -2.42. The van der Waals surface area contributed by atoms with Crippen LogP contribution in [0.2, 0.25) is 0 Å². The maximum atomic E-state index is 11.9. The van der Waals surface area contributed by atoms with Gasteiger partial charge in [-0.1, -0.05) is 11.6 Å². The highest BCUT2D eigenvalue weighted by Crippen LogP contribution is 2.51. The van der Waals surface area contributed by atoms with E-state index in [0.29, 0.717) is 6.42 Å². The van der Waals surface area contributed by atoms with Crippen LogP contribution in [0.15, 0.2) is 24.3 Å². The first kappa shape index (κ1) is 11.2. The molecule has 0 aromatic carbocycles. The highest BCUT2D eigenvalue weighted by molar-refractivity contribution is 5.94. The van der Waals surface area contributed by atoms with E-state index < -0.39 is 11.8 Å². The quantitative estimate of drug-likeness (QED) is 0.544. The molecule has 1 unspecified atom stereocenters. The van der Waals surface area contributed by atoms with Crippen LogP contribution in [-0.4, -0.2) is 25.8 Å². The Kier molecular flexibility index (Phi) is 3.39. The highest BCUT2D eigenvalue weighted by atomic mass is 16.7. The Morgan fingerprint density at radius 2 is 2.59 bits per heavy atom. The molecule has 0 aromatic rings. The Hall–Kier alpha value is -0.930. The molecule has 1 fully saturated rings. The summed E-state index contributed by atoms with van der Waals surface area (Å²) < 4.78 is 18.9. The normalized spacial score (nSPS) is 37.4. The summed E-state index contributed by atoms with van der Waals surface area (Å²) in [5, 5.41) is 0. The molecule has 17 heavy (non-hydrogen) atoms. The molecule has 0 aromatic heterocycles. The molecule has 0 spiro atoms. The number of allylic oxidation sites excluding steroid dienone is 2. The molecule has 0 aliphatic heterocycles. The van der Waals surface area contributed by atoms with Crippen molar-refractivity contribution in [1.82, 2.24) is 0 Å². The van der Waals surface area contributed by atoms with Crippen LogP contribution in [0.1, 0.15) is 33.5 Å². The molecule has 0 N–H and O–H groups in total. The molecule has 1 saturated carbocycles. The first-order chi connectivity index (χ1) is 8.66. The summed E-state index contributed by atoms with van der Waals surface area (Å²) in [5.41, 5.74) is 0.565. The molecule has 3 atom stereocenters. The van der Waals surface area contributed by atoms with Gasteiger partial charge in [0.1, 0.15) is 6.79 Å². The summed E-state index contributed by atoms with van der Waals surface area (Å²) >= 11 is 0. The van der Waals surface area contributed by atoms with Crippen LogP contribution in [0.25, 0.3) is 0 Å². The second kappa shape index (κ2) is 5.15. The number of methoxy groups -OCH3 is 1. The Morgan fingerprint density at radius 3 is 3.29 bits per heavy atom. The molecule has 2 rings (SSSR count). The molecule has 0 heterocycles. The molecule has 3 heteroatoms. The van der Waals surface area contributed by atoms with E-state index in [1.165, 1.54) is 0 Å². The van der Waals surface area contributed by atoms with Crippen molar-refractivity contribution >= 4 is 5.78 Å². The average Bonchev–Trinajstić information content (AvgIpc) is 2.61. The van der Waals surface area contributed by atoms with E-state index >= 15 is 0 Å². The van der Waals surface area contributed by atoms with Crippen LogP contribution >= 0.6 is 0 Å². The Bertz CT molecular complexity index is 377. The van der Waals surface area contributed by atoms with Crippen LogP contribution in [0.3, 0.4) is 0 Å².